The molecule has 31 heavy (non-hydrogen) atoms. The van der Waals surface area contributed by atoms with Gasteiger partial charge in [0.25, 0.3) is 0 Å². The summed E-state index contributed by atoms with van der Waals surface area (Å²) in [5, 5.41) is 1.07. The number of hydrogen-bond acceptors (Lipinski definition) is 4. The van der Waals surface area contributed by atoms with Crippen LogP contribution in [0.3, 0.4) is 0 Å². The second-order valence-corrected chi connectivity index (χ2v) is 9.66. The number of fused-ring (bicyclic) bond motifs is 1. The second-order valence-electron chi connectivity index (χ2n) is 9.66. The molecule has 3 aliphatic heterocycles. The van der Waals surface area contributed by atoms with Gasteiger partial charge < -0.3 is 24.4 Å². The molecule has 168 valence electrons. The van der Waals surface area contributed by atoms with Crippen LogP contribution in [0.2, 0.25) is 0 Å². The monoisotopic (exact) mass is 424 g/mol. The average Bonchev–Trinajstić information content (AvgIpc) is 3.41. The van der Waals surface area contributed by atoms with Crippen LogP contribution < -0.4 is 4.74 Å². The molecule has 5 rings (SSSR count). The zero-order valence-electron chi connectivity index (χ0n) is 18.8. The Bertz CT molecular complexity index is 896. The lowest BCUT2D eigenvalue weighted by atomic mass is 10.0. The van der Waals surface area contributed by atoms with Crippen LogP contribution in [-0.4, -0.2) is 77.6 Å². The standard InChI is InChI=1S/C25H36N4O2/c1-27-12-6-7-21(27)17-19-18-26-22-8-5-9-23(24(19)22)31-25(30)29-15-10-20(11-16-29)28-13-3-2-4-14-28/h5,8-9,18,20-21,26H,2-4,6-7,10-17H2,1H3/t21-/m1/s1. The van der Waals surface area contributed by atoms with Gasteiger partial charge in [0.15, 0.2) is 0 Å². The summed E-state index contributed by atoms with van der Waals surface area (Å²) < 4.78 is 5.98. The zero-order chi connectivity index (χ0) is 21.2. The molecule has 1 N–H and O–H groups in total. The number of H-pyrrole nitrogens is 1. The van der Waals surface area contributed by atoms with Crippen molar-refractivity contribution in [2.75, 3.05) is 39.8 Å². The summed E-state index contributed by atoms with van der Waals surface area (Å²) in [6.45, 7) is 5.21. The molecule has 0 spiro atoms. The predicted molar refractivity (Wildman–Crippen MR) is 124 cm³/mol. The number of nitrogens with one attached hydrogen (secondary N) is 1. The maximum absolute atomic E-state index is 13.0. The van der Waals surface area contributed by atoms with Crippen molar-refractivity contribution >= 4 is 17.0 Å². The molecule has 1 aromatic heterocycles. The molecule has 0 aliphatic carbocycles. The first kappa shape index (κ1) is 20.8. The Morgan fingerprint density at radius 2 is 1.84 bits per heavy atom. The number of likely N-dealkylation sites (N-methyl/N-ethyl adjacent to an activating group) is 1. The molecular weight excluding hydrogens is 388 g/mol. The summed E-state index contributed by atoms with van der Waals surface area (Å²) >= 11 is 0. The Kier molecular flexibility index (Phi) is 6.19. The van der Waals surface area contributed by atoms with Gasteiger partial charge in [-0.2, -0.15) is 0 Å². The molecule has 1 aromatic carbocycles. The van der Waals surface area contributed by atoms with E-state index in [2.05, 4.69) is 34.1 Å². The molecule has 0 saturated carbocycles. The van der Waals surface area contributed by atoms with Crippen molar-refractivity contribution in [3.63, 3.8) is 0 Å². The molecular formula is C25H36N4O2. The summed E-state index contributed by atoms with van der Waals surface area (Å²) in [5.74, 6) is 0.692. The number of likely N-dealkylation sites (tertiary alicyclic amines) is 3. The number of nitrogens with zero attached hydrogens (tertiary/aromatic N) is 3. The topological polar surface area (TPSA) is 51.8 Å². The number of carbonyl (C=O) groups is 1. The summed E-state index contributed by atoms with van der Waals surface area (Å²) in [6.07, 6.45) is 11.5. The first-order chi connectivity index (χ1) is 15.2. The van der Waals surface area contributed by atoms with Gasteiger partial charge in [-0.1, -0.05) is 12.5 Å². The Morgan fingerprint density at radius 1 is 1.03 bits per heavy atom. The Balaban J connectivity index is 1.25. The van der Waals surface area contributed by atoms with E-state index in [0.717, 1.165) is 43.3 Å². The van der Waals surface area contributed by atoms with E-state index in [9.17, 15) is 4.79 Å². The molecule has 3 fully saturated rings. The normalized spacial score (nSPS) is 24.2. The highest BCUT2D eigenvalue weighted by Crippen LogP contribution is 2.32. The molecule has 0 bridgehead atoms. The fraction of sp³-hybridized carbons (Fsp3) is 0.640. The van der Waals surface area contributed by atoms with Crippen LogP contribution in [0.25, 0.3) is 10.9 Å². The van der Waals surface area contributed by atoms with Crippen molar-refractivity contribution in [3.05, 3.63) is 30.0 Å². The van der Waals surface area contributed by atoms with Crippen molar-refractivity contribution in [1.29, 1.82) is 0 Å². The Morgan fingerprint density at radius 3 is 2.58 bits per heavy atom. The van der Waals surface area contributed by atoms with Crippen LogP contribution in [0, 0.1) is 0 Å². The largest absolute Gasteiger partial charge is 0.415 e. The number of aromatic amines is 1. The molecule has 0 unspecified atom stereocenters. The lowest BCUT2D eigenvalue weighted by Crippen LogP contribution is -2.48. The zero-order valence-corrected chi connectivity index (χ0v) is 18.8. The van der Waals surface area contributed by atoms with Crippen molar-refractivity contribution < 1.29 is 9.53 Å². The van der Waals surface area contributed by atoms with E-state index in [1.54, 1.807) is 0 Å². The number of ether oxygens (including phenoxy) is 1. The summed E-state index contributed by atoms with van der Waals surface area (Å²) in [4.78, 5) is 23.4. The molecule has 3 saturated heterocycles. The second kappa shape index (κ2) is 9.21. The summed E-state index contributed by atoms with van der Waals surface area (Å²) in [7, 11) is 2.21. The van der Waals surface area contributed by atoms with E-state index >= 15 is 0 Å². The van der Waals surface area contributed by atoms with E-state index in [1.165, 1.54) is 57.3 Å². The van der Waals surface area contributed by atoms with E-state index in [-0.39, 0.29) is 6.09 Å². The van der Waals surface area contributed by atoms with Crippen LogP contribution in [0.1, 0.15) is 50.5 Å². The quantitative estimate of drug-likeness (QED) is 0.797. The molecule has 6 heteroatoms. The number of piperidine rings is 2. The van der Waals surface area contributed by atoms with Gasteiger partial charge in [-0.3, -0.25) is 0 Å². The molecule has 0 radical (unpaired) electrons. The fourth-order valence-electron chi connectivity index (χ4n) is 5.81. The van der Waals surface area contributed by atoms with Gasteiger partial charge in [0, 0.05) is 42.3 Å². The number of rotatable bonds is 4. The number of hydrogen-bond donors (Lipinski definition) is 1. The van der Waals surface area contributed by atoms with Crippen LogP contribution in [0.15, 0.2) is 24.4 Å². The van der Waals surface area contributed by atoms with Crippen LogP contribution >= 0.6 is 0 Å². The van der Waals surface area contributed by atoms with Gasteiger partial charge in [0.05, 0.1) is 0 Å². The van der Waals surface area contributed by atoms with E-state index in [4.69, 9.17) is 4.74 Å². The number of aromatic nitrogens is 1. The van der Waals surface area contributed by atoms with Crippen LogP contribution in [0.4, 0.5) is 4.79 Å². The number of benzene rings is 1. The van der Waals surface area contributed by atoms with Crippen LogP contribution in [-0.2, 0) is 6.42 Å². The minimum atomic E-state index is -0.199. The highest BCUT2D eigenvalue weighted by molar-refractivity contribution is 5.91. The molecule has 2 aromatic rings. The first-order valence-electron chi connectivity index (χ1n) is 12.2. The smallest absolute Gasteiger partial charge is 0.409 e. The molecule has 6 nitrogen and oxygen atoms in total. The third-order valence-corrected chi connectivity index (χ3v) is 7.70. The minimum absolute atomic E-state index is 0.199. The van der Waals surface area contributed by atoms with Crippen LogP contribution in [0.5, 0.6) is 5.75 Å². The van der Waals surface area contributed by atoms with Crippen molar-refractivity contribution in [3.8, 4) is 5.75 Å². The van der Waals surface area contributed by atoms with Gasteiger partial charge >= 0.3 is 6.09 Å². The molecule has 4 heterocycles. The summed E-state index contributed by atoms with van der Waals surface area (Å²) in [6, 6.07) is 7.17. The fourth-order valence-corrected chi connectivity index (χ4v) is 5.81. The molecule has 1 atom stereocenters. The maximum Gasteiger partial charge on any atom is 0.415 e. The third-order valence-electron chi connectivity index (χ3n) is 7.70. The van der Waals surface area contributed by atoms with E-state index in [1.807, 2.05) is 17.0 Å². The minimum Gasteiger partial charge on any atom is -0.409 e. The lowest BCUT2D eigenvalue weighted by molar-refractivity contribution is 0.0880. The summed E-state index contributed by atoms with van der Waals surface area (Å²) in [5.41, 5.74) is 2.30. The first-order valence-corrected chi connectivity index (χ1v) is 12.2. The van der Waals surface area contributed by atoms with E-state index < -0.39 is 0 Å². The van der Waals surface area contributed by atoms with Crippen molar-refractivity contribution in [2.24, 2.45) is 0 Å². The Labute approximate surface area is 185 Å². The highest BCUT2D eigenvalue weighted by atomic mass is 16.6. The predicted octanol–water partition coefficient (Wildman–Crippen LogP) is 4.25. The third kappa shape index (κ3) is 4.46. The van der Waals surface area contributed by atoms with Gasteiger partial charge in [0.2, 0.25) is 0 Å². The lowest BCUT2D eigenvalue weighted by Gasteiger charge is -2.39. The number of carbonyl (C=O) groups excluding carboxylic acids is 1. The van der Waals surface area contributed by atoms with Crippen molar-refractivity contribution in [1.82, 2.24) is 19.7 Å². The SMILES string of the molecule is CN1CCC[C@@H]1Cc1c[nH]c2cccc(OC(=O)N3CCC(N4CCCCC4)CC3)c12. The number of amides is 1. The molecule has 3 aliphatic rings. The maximum atomic E-state index is 13.0. The highest BCUT2D eigenvalue weighted by Gasteiger charge is 2.29. The van der Waals surface area contributed by atoms with E-state index in [0.29, 0.717) is 17.8 Å². The van der Waals surface area contributed by atoms with Crippen molar-refractivity contribution in [2.45, 2.75) is 63.5 Å². The van der Waals surface area contributed by atoms with Gasteiger partial charge in [-0.05, 0) is 89.3 Å². The molecule has 1 amide bonds. The van der Waals surface area contributed by atoms with Gasteiger partial charge in [-0.25, -0.2) is 4.79 Å². The Hall–Kier alpha value is -2.05. The van der Waals surface area contributed by atoms with Gasteiger partial charge in [0.1, 0.15) is 5.75 Å². The van der Waals surface area contributed by atoms with Gasteiger partial charge in [-0.15, -0.1) is 0 Å². The average molecular weight is 425 g/mol.